The molecular weight excluding hydrogens is 384 g/mol. The number of imide groups is 1. The van der Waals surface area contributed by atoms with Crippen LogP contribution in [0.5, 0.6) is 0 Å². The quantitative estimate of drug-likeness (QED) is 0.685. The summed E-state index contributed by atoms with van der Waals surface area (Å²) >= 11 is 5.84. The predicted octanol–water partition coefficient (Wildman–Crippen LogP) is 2.61. The van der Waals surface area contributed by atoms with Gasteiger partial charge in [0.1, 0.15) is 5.92 Å². The molecule has 2 aromatic carbocycles. The van der Waals surface area contributed by atoms with Crippen molar-refractivity contribution in [3.63, 3.8) is 0 Å². The lowest BCUT2D eigenvalue weighted by Crippen LogP contribution is -2.58. The molecule has 0 saturated carbocycles. The maximum absolute atomic E-state index is 12.8. The number of carbonyl (C=O) groups excluding carboxylic acids is 4. The number of anilines is 3. The molecule has 0 aliphatic carbocycles. The van der Waals surface area contributed by atoms with Gasteiger partial charge in [-0.2, -0.15) is 0 Å². The van der Waals surface area contributed by atoms with E-state index in [4.69, 9.17) is 11.6 Å². The molecule has 3 N–H and O–H groups in total. The summed E-state index contributed by atoms with van der Waals surface area (Å²) in [4.78, 5) is 49.4. The van der Waals surface area contributed by atoms with Crippen molar-refractivity contribution in [2.24, 2.45) is 5.92 Å². The smallest absolute Gasteiger partial charge is 0.328 e. The van der Waals surface area contributed by atoms with E-state index in [0.717, 1.165) is 4.90 Å². The Kier molecular flexibility index (Phi) is 5.60. The fraction of sp³-hybridized carbons (Fsp3) is 0.158. The molecule has 1 atom stereocenters. The lowest BCUT2D eigenvalue weighted by atomic mass is 10.0. The highest BCUT2D eigenvalue weighted by atomic mass is 35.5. The first-order chi connectivity index (χ1) is 13.3. The van der Waals surface area contributed by atoms with E-state index >= 15 is 0 Å². The Labute approximate surface area is 165 Å². The minimum Gasteiger partial charge on any atom is -0.336 e. The Hall–Kier alpha value is -3.39. The van der Waals surface area contributed by atoms with Crippen molar-refractivity contribution in [1.82, 2.24) is 5.32 Å². The second kappa shape index (κ2) is 8.10. The monoisotopic (exact) mass is 400 g/mol. The van der Waals surface area contributed by atoms with E-state index in [0.29, 0.717) is 22.1 Å². The van der Waals surface area contributed by atoms with E-state index in [-0.39, 0.29) is 12.5 Å². The molecule has 0 bridgehead atoms. The molecular formula is C19H17ClN4O4. The molecule has 2 aromatic rings. The molecule has 144 valence electrons. The third kappa shape index (κ3) is 4.29. The van der Waals surface area contributed by atoms with Crippen molar-refractivity contribution >= 4 is 52.4 Å². The van der Waals surface area contributed by atoms with Crippen LogP contribution in [0, 0.1) is 5.92 Å². The Morgan fingerprint density at radius 2 is 1.57 bits per heavy atom. The summed E-state index contributed by atoms with van der Waals surface area (Å²) in [5, 5.41) is 8.28. The third-order valence-electron chi connectivity index (χ3n) is 4.05. The van der Waals surface area contributed by atoms with Crippen LogP contribution in [0.2, 0.25) is 5.02 Å². The van der Waals surface area contributed by atoms with Crippen molar-refractivity contribution in [2.75, 3.05) is 22.1 Å². The zero-order chi connectivity index (χ0) is 20.3. The van der Waals surface area contributed by atoms with E-state index in [1.165, 1.54) is 19.1 Å². The molecule has 1 heterocycles. The Morgan fingerprint density at radius 3 is 2.14 bits per heavy atom. The highest BCUT2D eigenvalue weighted by Gasteiger charge is 2.39. The van der Waals surface area contributed by atoms with Gasteiger partial charge in [-0.05, 0) is 48.5 Å². The fourth-order valence-electron chi connectivity index (χ4n) is 2.72. The number of hydrogen-bond donors (Lipinski definition) is 3. The number of hydrogen-bond acceptors (Lipinski definition) is 4. The summed E-state index contributed by atoms with van der Waals surface area (Å²) in [6.07, 6.45) is 0. The largest absolute Gasteiger partial charge is 0.336 e. The summed E-state index contributed by atoms with van der Waals surface area (Å²) in [7, 11) is 0. The van der Waals surface area contributed by atoms with Gasteiger partial charge < -0.3 is 16.0 Å². The molecule has 5 amide bonds. The van der Waals surface area contributed by atoms with Gasteiger partial charge in [0.25, 0.3) is 0 Å². The van der Waals surface area contributed by atoms with Crippen molar-refractivity contribution in [3.05, 3.63) is 53.6 Å². The van der Waals surface area contributed by atoms with E-state index in [9.17, 15) is 19.2 Å². The molecule has 3 rings (SSSR count). The van der Waals surface area contributed by atoms with Gasteiger partial charge in [0.05, 0.1) is 5.69 Å². The number of benzene rings is 2. The molecule has 8 nitrogen and oxygen atoms in total. The summed E-state index contributed by atoms with van der Waals surface area (Å²) in [5.74, 6) is -2.46. The second-order valence-electron chi connectivity index (χ2n) is 6.14. The van der Waals surface area contributed by atoms with Gasteiger partial charge in [0.15, 0.2) is 0 Å². The number of nitrogens with zero attached hydrogens (tertiary/aromatic N) is 1. The van der Waals surface area contributed by atoms with Crippen LogP contribution in [0.4, 0.5) is 21.9 Å². The van der Waals surface area contributed by atoms with Crippen LogP contribution in [-0.2, 0) is 14.4 Å². The van der Waals surface area contributed by atoms with Crippen molar-refractivity contribution in [2.45, 2.75) is 6.92 Å². The first kappa shape index (κ1) is 19.4. The molecule has 1 saturated heterocycles. The van der Waals surface area contributed by atoms with Crippen LogP contribution in [0.25, 0.3) is 0 Å². The van der Waals surface area contributed by atoms with Crippen LogP contribution >= 0.6 is 11.6 Å². The van der Waals surface area contributed by atoms with E-state index < -0.39 is 23.8 Å². The van der Waals surface area contributed by atoms with Gasteiger partial charge >= 0.3 is 6.03 Å². The molecule has 1 aliphatic heterocycles. The molecule has 28 heavy (non-hydrogen) atoms. The number of nitrogens with one attached hydrogen (secondary N) is 3. The number of halogens is 1. The van der Waals surface area contributed by atoms with Crippen molar-refractivity contribution in [3.8, 4) is 0 Å². The van der Waals surface area contributed by atoms with Crippen molar-refractivity contribution in [1.29, 1.82) is 0 Å². The maximum Gasteiger partial charge on any atom is 0.328 e. The van der Waals surface area contributed by atoms with E-state index in [2.05, 4.69) is 16.0 Å². The molecule has 0 spiro atoms. The van der Waals surface area contributed by atoms with Gasteiger partial charge in [0.2, 0.25) is 17.7 Å². The average Bonchev–Trinajstić information content (AvgIpc) is 2.64. The van der Waals surface area contributed by atoms with Gasteiger partial charge in [-0.1, -0.05) is 11.6 Å². The average molecular weight is 401 g/mol. The molecule has 1 unspecified atom stereocenters. The molecule has 0 radical (unpaired) electrons. The summed E-state index contributed by atoms with van der Waals surface area (Å²) < 4.78 is 0. The Bertz CT molecular complexity index is 928. The van der Waals surface area contributed by atoms with Crippen molar-refractivity contribution < 1.29 is 19.2 Å². The van der Waals surface area contributed by atoms with Crippen LogP contribution < -0.4 is 20.9 Å². The topological polar surface area (TPSA) is 108 Å². The lowest BCUT2D eigenvalue weighted by molar-refractivity contribution is -0.130. The molecule has 9 heteroatoms. The first-order valence-electron chi connectivity index (χ1n) is 8.41. The van der Waals surface area contributed by atoms with E-state index in [1.807, 2.05) is 0 Å². The minimum absolute atomic E-state index is 0.0996. The highest BCUT2D eigenvalue weighted by molar-refractivity contribution is 6.30. The summed E-state index contributed by atoms with van der Waals surface area (Å²) in [5.41, 5.74) is 1.37. The standard InChI is InChI=1S/C19H17ClN4O4/c1-11(25)22-13-4-6-14(7-5-13)23-17(26)16-10-21-19(28)24(18(16)27)15-8-2-12(20)3-9-15/h2-9,16H,10H2,1H3,(H,21,28)(H,22,25)(H,23,26). The fourth-order valence-corrected chi connectivity index (χ4v) is 2.85. The van der Waals surface area contributed by atoms with Crippen LogP contribution in [0.1, 0.15) is 6.92 Å². The Morgan fingerprint density at radius 1 is 1.00 bits per heavy atom. The second-order valence-corrected chi connectivity index (χ2v) is 6.57. The lowest BCUT2D eigenvalue weighted by Gasteiger charge is -2.30. The SMILES string of the molecule is CC(=O)Nc1ccc(NC(=O)C2CNC(=O)N(c3ccc(Cl)cc3)C2=O)cc1. The van der Waals surface area contributed by atoms with Gasteiger partial charge in [-0.15, -0.1) is 0 Å². The summed E-state index contributed by atoms with van der Waals surface area (Å²) in [6, 6.07) is 12.0. The van der Waals surface area contributed by atoms with Gasteiger partial charge in [0, 0.05) is 29.9 Å². The number of urea groups is 1. The van der Waals surface area contributed by atoms with E-state index in [1.54, 1.807) is 36.4 Å². The number of rotatable bonds is 4. The van der Waals surface area contributed by atoms with Crippen LogP contribution in [-0.4, -0.2) is 30.3 Å². The maximum atomic E-state index is 12.8. The number of amides is 5. The Balaban J connectivity index is 1.72. The highest BCUT2D eigenvalue weighted by Crippen LogP contribution is 2.23. The zero-order valence-corrected chi connectivity index (χ0v) is 15.6. The van der Waals surface area contributed by atoms with Gasteiger partial charge in [-0.3, -0.25) is 14.4 Å². The molecule has 1 aliphatic rings. The van der Waals surface area contributed by atoms with Crippen LogP contribution in [0.3, 0.4) is 0 Å². The third-order valence-corrected chi connectivity index (χ3v) is 4.31. The molecule has 1 fully saturated rings. The predicted molar refractivity (Wildman–Crippen MR) is 105 cm³/mol. The normalized spacial score (nSPS) is 16.4. The summed E-state index contributed by atoms with van der Waals surface area (Å²) in [6.45, 7) is 1.29. The zero-order valence-electron chi connectivity index (χ0n) is 14.9. The first-order valence-corrected chi connectivity index (χ1v) is 8.79. The molecule has 0 aromatic heterocycles. The van der Waals surface area contributed by atoms with Crippen LogP contribution in [0.15, 0.2) is 48.5 Å². The minimum atomic E-state index is -1.08. The van der Waals surface area contributed by atoms with Gasteiger partial charge in [-0.25, -0.2) is 9.69 Å². The number of carbonyl (C=O) groups is 4.